The van der Waals surface area contributed by atoms with Gasteiger partial charge in [0.1, 0.15) is 5.82 Å². The lowest BCUT2D eigenvalue weighted by Gasteiger charge is -2.38. The van der Waals surface area contributed by atoms with Gasteiger partial charge in [-0.2, -0.15) is 0 Å². The number of anilines is 1. The van der Waals surface area contributed by atoms with Crippen molar-refractivity contribution in [2.75, 3.05) is 12.4 Å². The molecule has 1 aliphatic heterocycles. The number of hydrogen-bond acceptors (Lipinski definition) is 4. The van der Waals surface area contributed by atoms with Gasteiger partial charge in [0.2, 0.25) is 0 Å². The molecule has 0 bridgehead atoms. The maximum absolute atomic E-state index is 12.3. The van der Waals surface area contributed by atoms with Crippen LogP contribution in [0.2, 0.25) is 5.02 Å². The number of pyridine rings is 1. The third kappa shape index (κ3) is 3.22. The summed E-state index contributed by atoms with van der Waals surface area (Å²) < 4.78 is 0. The van der Waals surface area contributed by atoms with E-state index in [2.05, 4.69) is 29.6 Å². The van der Waals surface area contributed by atoms with Gasteiger partial charge in [0.25, 0.3) is 5.91 Å². The van der Waals surface area contributed by atoms with Crippen molar-refractivity contribution < 1.29 is 4.79 Å². The molecule has 2 heterocycles. The van der Waals surface area contributed by atoms with Crippen molar-refractivity contribution in [2.24, 2.45) is 0 Å². The number of aromatic nitrogens is 1. The van der Waals surface area contributed by atoms with Gasteiger partial charge in [0.15, 0.2) is 0 Å². The fourth-order valence-electron chi connectivity index (χ4n) is 2.57. The highest BCUT2D eigenvalue weighted by molar-refractivity contribution is 6.33. The van der Waals surface area contributed by atoms with Gasteiger partial charge >= 0.3 is 0 Å². The van der Waals surface area contributed by atoms with E-state index in [1.165, 1.54) is 12.6 Å². The first-order chi connectivity index (χ1) is 9.52. The van der Waals surface area contributed by atoms with E-state index in [1.54, 1.807) is 13.1 Å². The summed E-state index contributed by atoms with van der Waals surface area (Å²) in [4.78, 5) is 16.4. The maximum Gasteiger partial charge on any atom is 0.267 e. The topological polar surface area (TPSA) is 57.3 Å². The Bertz CT molecular complexity index is 484. The SMILES string of the molecule is CNc1ncc(C(=O)NN2C(C)CCCC2C)cc1Cl. The number of hydrazine groups is 1. The fraction of sp³-hybridized carbons (Fsp3) is 0.571. The van der Waals surface area contributed by atoms with Crippen LogP contribution in [-0.2, 0) is 0 Å². The first-order valence-corrected chi connectivity index (χ1v) is 7.33. The van der Waals surface area contributed by atoms with Crippen molar-refractivity contribution in [3.63, 3.8) is 0 Å². The van der Waals surface area contributed by atoms with E-state index in [0.717, 1.165) is 12.8 Å². The number of carbonyl (C=O) groups excluding carboxylic acids is 1. The fourth-order valence-corrected chi connectivity index (χ4v) is 2.83. The highest BCUT2D eigenvalue weighted by Crippen LogP contribution is 2.22. The molecule has 2 unspecified atom stereocenters. The Morgan fingerprint density at radius 1 is 1.40 bits per heavy atom. The van der Waals surface area contributed by atoms with Crippen molar-refractivity contribution in [1.82, 2.24) is 15.4 Å². The molecule has 1 fully saturated rings. The van der Waals surface area contributed by atoms with E-state index < -0.39 is 0 Å². The molecule has 0 radical (unpaired) electrons. The Morgan fingerprint density at radius 2 is 2.05 bits per heavy atom. The quantitative estimate of drug-likeness (QED) is 0.900. The molecule has 5 nitrogen and oxygen atoms in total. The van der Waals surface area contributed by atoms with Crippen LogP contribution in [0.15, 0.2) is 12.3 Å². The molecule has 1 amide bonds. The van der Waals surface area contributed by atoms with Crippen LogP contribution in [0.3, 0.4) is 0 Å². The van der Waals surface area contributed by atoms with Crippen LogP contribution in [0.4, 0.5) is 5.82 Å². The minimum Gasteiger partial charge on any atom is -0.372 e. The molecule has 0 aliphatic carbocycles. The third-order valence-electron chi connectivity index (χ3n) is 3.76. The summed E-state index contributed by atoms with van der Waals surface area (Å²) in [5, 5.41) is 5.35. The van der Waals surface area contributed by atoms with Gasteiger partial charge in [-0.3, -0.25) is 10.2 Å². The lowest BCUT2D eigenvalue weighted by atomic mass is 10.00. The van der Waals surface area contributed by atoms with E-state index in [-0.39, 0.29) is 5.91 Å². The predicted molar refractivity (Wildman–Crippen MR) is 80.9 cm³/mol. The van der Waals surface area contributed by atoms with Crippen molar-refractivity contribution in [1.29, 1.82) is 0 Å². The summed E-state index contributed by atoms with van der Waals surface area (Å²) in [6.45, 7) is 4.26. The number of nitrogens with zero attached hydrogens (tertiary/aromatic N) is 2. The second-order valence-corrected chi connectivity index (χ2v) is 5.69. The van der Waals surface area contributed by atoms with Gasteiger partial charge in [0, 0.05) is 25.3 Å². The average molecular weight is 297 g/mol. The summed E-state index contributed by atoms with van der Waals surface area (Å²) in [5.41, 5.74) is 3.45. The highest BCUT2D eigenvalue weighted by atomic mass is 35.5. The van der Waals surface area contributed by atoms with Crippen molar-refractivity contribution in [3.05, 3.63) is 22.8 Å². The predicted octanol–water partition coefficient (Wildman–Crippen LogP) is 2.68. The zero-order valence-electron chi connectivity index (χ0n) is 12.1. The van der Waals surface area contributed by atoms with Gasteiger partial charge in [-0.15, -0.1) is 0 Å². The van der Waals surface area contributed by atoms with Gasteiger partial charge in [-0.1, -0.05) is 18.0 Å². The summed E-state index contributed by atoms with van der Waals surface area (Å²) in [5.74, 6) is 0.408. The second-order valence-electron chi connectivity index (χ2n) is 5.28. The van der Waals surface area contributed by atoms with Crippen molar-refractivity contribution in [2.45, 2.75) is 45.2 Å². The number of halogens is 1. The van der Waals surface area contributed by atoms with E-state index in [4.69, 9.17) is 11.6 Å². The summed E-state index contributed by atoms with van der Waals surface area (Å²) in [7, 11) is 1.74. The molecule has 2 rings (SSSR count). The monoisotopic (exact) mass is 296 g/mol. The normalized spacial score (nSPS) is 23.4. The van der Waals surface area contributed by atoms with Gasteiger partial charge < -0.3 is 5.32 Å². The molecule has 2 N–H and O–H groups in total. The molecule has 20 heavy (non-hydrogen) atoms. The van der Waals surface area contributed by atoms with E-state index in [9.17, 15) is 4.79 Å². The average Bonchev–Trinajstić information content (AvgIpc) is 2.42. The molecule has 1 aliphatic rings. The third-order valence-corrected chi connectivity index (χ3v) is 4.05. The number of piperidine rings is 1. The number of carbonyl (C=O) groups is 1. The van der Waals surface area contributed by atoms with Gasteiger partial charge in [0.05, 0.1) is 10.6 Å². The van der Waals surface area contributed by atoms with Crippen LogP contribution < -0.4 is 10.7 Å². The molecule has 1 aromatic heterocycles. The Labute approximate surface area is 124 Å². The lowest BCUT2D eigenvalue weighted by molar-refractivity contribution is 0.0369. The second kappa shape index (κ2) is 6.41. The Hall–Kier alpha value is -1.33. The van der Waals surface area contributed by atoms with E-state index >= 15 is 0 Å². The minimum atomic E-state index is -0.164. The Morgan fingerprint density at radius 3 is 2.60 bits per heavy atom. The molecule has 6 heteroatoms. The molecule has 0 spiro atoms. The van der Waals surface area contributed by atoms with E-state index in [1.807, 2.05) is 5.01 Å². The maximum atomic E-state index is 12.3. The molecule has 110 valence electrons. The Balaban J connectivity index is 2.09. The first kappa shape index (κ1) is 15.1. The molecule has 1 aromatic rings. The van der Waals surface area contributed by atoms with Crippen LogP contribution in [0.25, 0.3) is 0 Å². The summed E-state index contributed by atoms with van der Waals surface area (Å²) in [6.07, 6.45) is 4.94. The van der Waals surface area contributed by atoms with Crippen molar-refractivity contribution >= 4 is 23.3 Å². The minimum absolute atomic E-state index is 0.164. The van der Waals surface area contributed by atoms with Crippen molar-refractivity contribution in [3.8, 4) is 0 Å². The number of nitrogens with one attached hydrogen (secondary N) is 2. The van der Waals surface area contributed by atoms with Gasteiger partial charge in [-0.25, -0.2) is 9.99 Å². The molecular weight excluding hydrogens is 276 g/mol. The molecular formula is C14H21ClN4O. The van der Waals surface area contributed by atoms with E-state index in [0.29, 0.717) is 28.5 Å². The van der Waals surface area contributed by atoms with Crippen LogP contribution in [-0.4, -0.2) is 35.0 Å². The largest absolute Gasteiger partial charge is 0.372 e. The lowest BCUT2D eigenvalue weighted by Crippen LogP contribution is -2.54. The zero-order chi connectivity index (χ0) is 14.7. The van der Waals surface area contributed by atoms with Crippen LogP contribution in [0.1, 0.15) is 43.5 Å². The smallest absolute Gasteiger partial charge is 0.267 e. The number of hydrogen-bond donors (Lipinski definition) is 2. The molecule has 1 saturated heterocycles. The molecule has 2 atom stereocenters. The number of amides is 1. The summed E-state index contributed by atoms with van der Waals surface area (Å²) in [6, 6.07) is 2.33. The summed E-state index contributed by atoms with van der Waals surface area (Å²) >= 11 is 6.06. The molecule has 0 aromatic carbocycles. The van der Waals surface area contributed by atoms with Crippen LogP contribution in [0, 0.1) is 0 Å². The standard InChI is InChI=1S/C14H21ClN4O/c1-9-5-4-6-10(2)19(9)18-14(20)11-7-12(15)13(16-3)17-8-11/h7-10H,4-6H2,1-3H3,(H,16,17)(H,18,20). The van der Waals surface area contributed by atoms with Crippen LogP contribution >= 0.6 is 11.6 Å². The first-order valence-electron chi connectivity index (χ1n) is 6.95. The molecule has 0 saturated carbocycles. The highest BCUT2D eigenvalue weighted by Gasteiger charge is 2.26. The zero-order valence-corrected chi connectivity index (χ0v) is 12.9. The Kier molecular flexibility index (Phi) is 4.83. The number of rotatable bonds is 3. The van der Waals surface area contributed by atoms with Crippen LogP contribution in [0.5, 0.6) is 0 Å². The van der Waals surface area contributed by atoms with Gasteiger partial charge in [-0.05, 0) is 32.8 Å².